The topological polar surface area (TPSA) is 59.8 Å². The molecule has 5 nitrogen and oxygen atoms in total. The second kappa shape index (κ2) is 7.29. The molecule has 3 aromatic heterocycles. The molecule has 1 N–H and O–H groups in total. The van der Waals surface area contributed by atoms with E-state index in [-0.39, 0.29) is 5.91 Å². The highest BCUT2D eigenvalue weighted by Gasteiger charge is 2.27. The van der Waals surface area contributed by atoms with Gasteiger partial charge < -0.3 is 5.32 Å². The minimum atomic E-state index is -0.0390. The van der Waals surface area contributed by atoms with Crippen LogP contribution in [-0.2, 0) is 19.4 Å². The maximum atomic E-state index is 12.7. The van der Waals surface area contributed by atoms with E-state index in [4.69, 9.17) is 5.10 Å². The van der Waals surface area contributed by atoms with E-state index in [1.807, 2.05) is 36.4 Å². The number of carbonyl (C=O) groups excluding carboxylic acids is 1. The molecule has 6 heteroatoms. The first kappa shape index (κ1) is 17.8. The van der Waals surface area contributed by atoms with Crippen LogP contribution in [0, 0.1) is 6.92 Å². The van der Waals surface area contributed by atoms with Gasteiger partial charge in [0.05, 0.1) is 22.0 Å². The summed E-state index contributed by atoms with van der Waals surface area (Å²) in [6.07, 6.45) is 5.35. The number of para-hydroxylation sites is 1. The molecule has 1 aliphatic carbocycles. The number of thiophene rings is 1. The molecule has 0 spiro atoms. The summed E-state index contributed by atoms with van der Waals surface area (Å²) in [5.41, 5.74) is 6.73. The Morgan fingerprint density at radius 2 is 2.03 bits per heavy atom. The van der Waals surface area contributed by atoms with Gasteiger partial charge in [-0.05, 0) is 55.2 Å². The summed E-state index contributed by atoms with van der Waals surface area (Å²) in [7, 11) is 0. The summed E-state index contributed by atoms with van der Waals surface area (Å²) in [4.78, 5) is 18.7. The molecule has 4 aromatic rings. The zero-order valence-corrected chi connectivity index (χ0v) is 16.9. The van der Waals surface area contributed by atoms with Gasteiger partial charge in [0, 0.05) is 29.4 Å². The van der Waals surface area contributed by atoms with Crippen LogP contribution in [0.4, 0.5) is 0 Å². The maximum absolute atomic E-state index is 12.7. The van der Waals surface area contributed by atoms with E-state index < -0.39 is 0 Å². The largest absolute Gasteiger partial charge is 0.347 e. The number of aromatic nitrogens is 3. The fourth-order valence-corrected chi connectivity index (χ4v) is 5.09. The number of hydrogen-bond donors (Lipinski definition) is 1. The van der Waals surface area contributed by atoms with Gasteiger partial charge in [0.1, 0.15) is 0 Å². The molecule has 1 aromatic carbocycles. The van der Waals surface area contributed by atoms with Gasteiger partial charge in [-0.1, -0.05) is 24.3 Å². The highest BCUT2D eigenvalue weighted by Crippen LogP contribution is 2.42. The monoisotopic (exact) mass is 400 g/mol. The van der Waals surface area contributed by atoms with Crippen LogP contribution >= 0.6 is 11.3 Å². The lowest BCUT2D eigenvalue weighted by atomic mass is 9.95. The van der Waals surface area contributed by atoms with Gasteiger partial charge in [-0.25, -0.2) is 4.68 Å². The van der Waals surface area contributed by atoms with E-state index in [1.165, 1.54) is 21.7 Å². The second-order valence-electron chi connectivity index (χ2n) is 7.16. The molecule has 0 saturated heterocycles. The van der Waals surface area contributed by atoms with Crippen LogP contribution in [-0.4, -0.2) is 20.7 Å². The van der Waals surface area contributed by atoms with E-state index in [2.05, 4.69) is 34.0 Å². The first-order valence-corrected chi connectivity index (χ1v) is 10.5. The number of hydrogen-bond acceptors (Lipinski definition) is 4. The number of fused-ring (bicyclic) bond motifs is 3. The predicted octanol–water partition coefficient (Wildman–Crippen LogP) is 4.33. The Kier molecular flexibility index (Phi) is 4.48. The zero-order valence-electron chi connectivity index (χ0n) is 16.1. The number of amides is 1. The van der Waals surface area contributed by atoms with Crippen LogP contribution < -0.4 is 5.32 Å². The molecule has 0 atom stereocenters. The maximum Gasteiger partial charge on any atom is 0.261 e. The highest BCUT2D eigenvalue weighted by atomic mass is 32.1. The number of carbonyl (C=O) groups is 1. The number of rotatable bonds is 4. The molecule has 0 unspecified atom stereocenters. The summed E-state index contributed by atoms with van der Waals surface area (Å²) in [6, 6.07) is 16.1. The average Bonchev–Trinajstić information content (AvgIpc) is 3.34. The molecule has 0 bridgehead atoms. The van der Waals surface area contributed by atoms with Crippen molar-refractivity contribution in [3.63, 3.8) is 0 Å². The standard InChI is InChI=1S/C23H20N4OS/c1-15-21-19(27(26-15)18-7-3-2-4-8-18)10-9-17-12-20(29-22(17)21)23(28)25-14-16-6-5-11-24-13-16/h2-8,11-13H,9-10,14H2,1H3,(H,25,28). The van der Waals surface area contributed by atoms with Crippen LogP contribution in [0.2, 0.25) is 0 Å². The van der Waals surface area contributed by atoms with Crippen LogP contribution in [0.3, 0.4) is 0 Å². The molecule has 29 heavy (non-hydrogen) atoms. The quantitative estimate of drug-likeness (QED) is 0.555. The van der Waals surface area contributed by atoms with Crippen LogP contribution in [0.25, 0.3) is 16.1 Å². The summed E-state index contributed by atoms with van der Waals surface area (Å²) in [6.45, 7) is 2.53. The third-order valence-corrected chi connectivity index (χ3v) is 6.42. The van der Waals surface area contributed by atoms with Crippen LogP contribution in [0.1, 0.15) is 32.2 Å². The van der Waals surface area contributed by atoms with Crippen LogP contribution in [0.15, 0.2) is 60.9 Å². The molecule has 5 rings (SSSR count). The lowest BCUT2D eigenvalue weighted by Crippen LogP contribution is -2.21. The summed E-state index contributed by atoms with van der Waals surface area (Å²) < 4.78 is 2.05. The second-order valence-corrected chi connectivity index (χ2v) is 8.22. The van der Waals surface area contributed by atoms with E-state index in [0.717, 1.165) is 34.7 Å². The minimum Gasteiger partial charge on any atom is -0.347 e. The SMILES string of the molecule is Cc1nn(-c2ccccc2)c2c1-c1sc(C(=O)NCc3cccnc3)cc1CC2. The minimum absolute atomic E-state index is 0.0390. The van der Waals surface area contributed by atoms with E-state index in [1.54, 1.807) is 23.7 Å². The molecule has 0 radical (unpaired) electrons. The molecule has 0 saturated carbocycles. The number of nitrogens with one attached hydrogen (secondary N) is 1. The third kappa shape index (κ3) is 3.25. The van der Waals surface area contributed by atoms with Crippen molar-refractivity contribution in [1.82, 2.24) is 20.1 Å². The Morgan fingerprint density at radius 1 is 1.17 bits per heavy atom. The molecular formula is C23H20N4OS. The molecule has 144 valence electrons. The van der Waals surface area contributed by atoms with Gasteiger partial charge in [-0.2, -0.15) is 5.10 Å². The van der Waals surface area contributed by atoms with Gasteiger partial charge in [-0.3, -0.25) is 9.78 Å². The predicted molar refractivity (Wildman–Crippen MR) is 114 cm³/mol. The van der Waals surface area contributed by atoms with Gasteiger partial charge in [0.25, 0.3) is 5.91 Å². The van der Waals surface area contributed by atoms with Crippen molar-refractivity contribution >= 4 is 17.2 Å². The fraction of sp³-hybridized carbons (Fsp3) is 0.174. The van der Waals surface area contributed by atoms with Crippen molar-refractivity contribution in [2.75, 3.05) is 0 Å². The smallest absolute Gasteiger partial charge is 0.261 e. The van der Waals surface area contributed by atoms with Gasteiger partial charge in [-0.15, -0.1) is 11.3 Å². The molecule has 3 heterocycles. The number of aryl methyl sites for hydroxylation is 2. The van der Waals surface area contributed by atoms with Gasteiger partial charge >= 0.3 is 0 Å². The van der Waals surface area contributed by atoms with Crippen molar-refractivity contribution in [2.45, 2.75) is 26.3 Å². The fourth-order valence-electron chi connectivity index (χ4n) is 3.85. The average molecular weight is 401 g/mol. The van der Waals surface area contributed by atoms with E-state index in [9.17, 15) is 4.79 Å². The van der Waals surface area contributed by atoms with Crippen molar-refractivity contribution in [1.29, 1.82) is 0 Å². The molecular weight excluding hydrogens is 380 g/mol. The van der Waals surface area contributed by atoms with Gasteiger partial charge in [0.2, 0.25) is 0 Å². The summed E-state index contributed by atoms with van der Waals surface area (Å²) >= 11 is 1.56. The first-order valence-electron chi connectivity index (χ1n) is 9.65. The molecule has 1 aliphatic rings. The van der Waals surface area contributed by atoms with E-state index in [0.29, 0.717) is 6.54 Å². The van der Waals surface area contributed by atoms with E-state index >= 15 is 0 Å². The van der Waals surface area contributed by atoms with Gasteiger partial charge in [0.15, 0.2) is 0 Å². The molecule has 0 fully saturated rings. The highest BCUT2D eigenvalue weighted by molar-refractivity contribution is 7.17. The summed E-state index contributed by atoms with van der Waals surface area (Å²) in [5.74, 6) is -0.0390. The van der Waals surface area contributed by atoms with Crippen molar-refractivity contribution in [3.8, 4) is 16.1 Å². The Balaban J connectivity index is 1.45. The number of pyridine rings is 1. The molecule has 0 aliphatic heterocycles. The van der Waals surface area contributed by atoms with Crippen molar-refractivity contribution in [2.24, 2.45) is 0 Å². The van der Waals surface area contributed by atoms with Crippen molar-refractivity contribution < 1.29 is 4.79 Å². The van der Waals surface area contributed by atoms with Crippen LogP contribution in [0.5, 0.6) is 0 Å². The normalized spacial score (nSPS) is 12.3. The molecule has 1 amide bonds. The lowest BCUT2D eigenvalue weighted by molar-refractivity contribution is 0.0955. The first-order chi connectivity index (χ1) is 14.2. The zero-order chi connectivity index (χ0) is 19.8. The number of nitrogens with zero attached hydrogens (tertiary/aromatic N) is 3. The summed E-state index contributed by atoms with van der Waals surface area (Å²) in [5, 5.41) is 7.81. The lowest BCUT2D eigenvalue weighted by Gasteiger charge is -2.14. The third-order valence-electron chi connectivity index (χ3n) is 5.22. The Labute approximate surface area is 173 Å². The number of benzene rings is 1. The van der Waals surface area contributed by atoms with Crippen molar-refractivity contribution in [3.05, 3.63) is 88.3 Å². The Hall–Kier alpha value is -3.25. The Bertz CT molecular complexity index is 1180. The Morgan fingerprint density at radius 3 is 2.83 bits per heavy atom.